The fourth-order valence-electron chi connectivity index (χ4n) is 7.86. The first-order valence-corrected chi connectivity index (χ1v) is 10.4. The topological polar surface area (TPSA) is 29.1 Å². The first kappa shape index (κ1) is 15.5. The van der Waals surface area contributed by atoms with Crippen LogP contribution < -0.4 is 5.32 Å². The highest BCUT2D eigenvalue weighted by atomic mass is 16.1. The number of hydrogen-bond acceptors (Lipinski definition) is 2. The molecule has 5 fully saturated rings. The van der Waals surface area contributed by atoms with Crippen molar-refractivity contribution in [3.63, 3.8) is 0 Å². The Morgan fingerprint density at radius 2 is 1.88 bits per heavy atom. The Morgan fingerprint density at radius 3 is 2.62 bits per heavy atom. The van der Waals surface area contributed by atoms with E-state index in [4.69, 9.17) is 0 Å². The van der Waals surface area contributed by atoms with E-state index in [1.54, 1.807) is 0 Å². The van der Waals surface area contributed by atoms with E-state index in [0.717, 1.165) is 41.6 Å². The third-order valence-electron chi connectivity index (χ3n) is 8.92. The number of hydrogen-bond donors (Lipinski definition) is 1. The van der Waals surface area contributed by atoms with Gasteiger partial charge in [-0.05, 0) is 92.8 Å². The van der Waals surface area contributed by atoms with Gasteiger partial charge in [0.25, 0.3) is 0 Å². The maximum atomic E-state index is 12.5. The lowest BCUT2D eigenvalue weighted by Crippen LogP contribution is -2.46. The van der Waals surface area contributed by atoms with Gasteiger partial charge in [0.05, 0.1) is 0 Å². The van der Waals surface area contributed by atoms with Gasteiger partial charge in [-0.2, -0.15) is 0 Å². The summed E-state index contributed by atoms with van der Waals surface area (Å²) >= 11 is 0. The van der Waals surface area contributed by atoms with Crippen LogP contribution in [0.15, 0.2) is 11.3 Å². The van der Waals surface area contributed by atoms with Gasteiger partial charge in [-0.15, -0.1) is 0 Å². The fraction of sp³-hybridized carbons (Fsp3) is 0.864. The number of allylic oxidation sites excluding steroid dienone is 2. The SMILES string of the molecule is C/C(N[C@H](C)[C@@H]1[C@H]2CC[C@@H]3C[C@@H](C2)C[C@H]31)=C1/C(=O)C[C@@H]2[C@H]1C2(C)C. The Balaban J connectivity index is 1.36. The molecule has 24 heavy (non-hydrogen) atoms. The predicted octanol–water partition coefficient (Wildman–Crippen LogP) is 4.56. The van der Waals surface area contributed by atoms with Gasteiger partial charge in [0, 0.05) is 23.7 Å². The maximum absolute atomic E-state index is 12.5. The van der Waals surface area contributed by atoms with Crippen LogP contribution in [-0.4, -0.2) is 11.8 Å². The highest BCUT2D eigenvalue weighted by Crippen LogP contribution is 2.68. The second-order valence-electron chi connectivity index (χ2n) is 10.4. The number of Topliss-reactive ketones (excluding diaryl/α,β-unsaturated/α-hetero) is 1. The number of rotatable bonds is 3. The summed E-state index contributed by atoms with van der Waals surface area (Å²) in [5, 5.41) is 3.84. The zero-order chi connectivity index (χ0) is 16.8. The fourth-order valence-corrected chi connectivity index (χ4v) is 7.86. The van der Waals surface area contributed by atoms with Gasteiger partial charge < -0.3 is 5.32 Å². The lowest BCUT2D eigenvalue weighted by Gasteiger charge is -2.46. The van der Waals surface area contributed by atoms with Crippen molar-refractivity contribution in [2.45, 2.75) is 72.3 Å². The van der Waals surface area contributed by atoms with Crippen molar-refractivity contribution in [3.8, 4) is 0 Å². The molecule has 0 aromatic rings. The van der Waals surface area contributed by atoms with Crippen molar-refractivity contribution in [3.05, 3.63) is 11.3 Å². The Hall–Kier alpha value is -0.790. The van der Waals surface area contributed by atoms with Crippen LogP contribution >= 0.6 is 0 Å². The number of nitrogens with one attached hydrogen (secondary N) is 1. The summed E-state index contributed by atoms with van der Waals surface area (Å²) in [5.74, 6) is 6.38. The molecule has 5 aliphatic rings. The van der Waals surface area contributed by atoms with E-state index in [1.165, 1.54) is 37.8 Å². The van der Waals surface area contributed by atoms with Crippen LogP contribution in [0.25, 0.3) is 0 Å². The molecule has 0 unspecified atom stereocenters. The van der Waals surface area contributed by atoms with E-state index in [-0.39, 0.29) is 0 Å². The minimum atomic E-state index is 0.359. The highest BCUT2D eigenvalue weighted by molar-refractivity contribution is 6.01. The maximum Gasteiger partial charge on any atom is 0.161 e. The Bertz CT molecular complexity index is 617. The summed E-state index contributed by atoms with van der Waals surface area (Å²) in [6.07, 6.45) is 8.23. The minimum absolute atomic E-state index is 0.359. The van der Waals surface area contributed by atoms with Gasteiger partial charge in [0.2, 0.25) is 0 Å². The van der Waals surface area contributed by atoms with E-state index >= 15 is 0 Å². The molecule has 0 aliphatic heterocycles. The molecule has 5 rings (SSSR count). The van der Waals surface area contributed by atoms with Gasteiger partial charge in [-0.1, -0.05) is 13.8 Å². The summed E-state index contributed by atoms with van der Waals surface area (Å²) < 4.78 is 0. The zero-order valence-corrected chi connectivity index (χ0v) is 15.8. The van der Waals surface area contributed by atoms with Crippen molar-refractivity contribution >= 4 is 5.78 Å². The Morgan fingerprint density at radius 1 is 1.17 bits per heavy atom. The third-order valence-corrected chi connectivity index (χ3v) is 8.92. The number of fused-ring (bicyclic) bond motifs is 3. The molecule has 8 atom stereocenters. The van der Waals surface area contributed by atoms with Crippen LogP contribution in [-0.2, 0) is 4.79 Å². The predicted molar refractivity (Wildman–Crippen MR) is 96.2 cm³/mol. The molecule has 0 radical (unpaired) electrons. The molecule has 0 aromatic heterocycles. The van der Waals surface area contributed by atoms with E-state index < -0.39 is 0 Å². The van der Waals surface area contributed by atoms with Gasteiger partial charge >= 0.3 is 0 Å². The van der Waals surface area contributed by atoms with Crippen LogP contribution in [0.2, 0.25) is 0 Å². The van der Waals surface area contributed by atoms with E-state index in [9.17, 15) is 4.79 Å². The van der Waals surface area contributed by atoms with Crippen molar-refractivity contribution in [1.82, 2.24) is 5.32 Å². The summed E-state index contributed by atoms with van der Waals surface area (Å²) in [4.78, 5) is 12.5. The standard InChI is InChI=1S/C22H33NO/c1-11(19-15-6-5-14-7-13(8-15)9-16(14)19)23-12(2)20-18(24)10-17-21(20)22(17,3)4/h11,13-17,19,21,23H,5-10H2,1-4H3/b20-12+/t11-,13+,14-,15+,16-,17-,19-,21-/m1/s1. The molecule has 0 spiro atoms. The molecule has 3 bridgehead atoms. The molecule has 2 nitrogen and oxygen atoms in total. The monoisotopic (exact) mass is 327 g/mol. The van der Waals surface area contributed by atoms with E-state index in [0.29, 0.717) is 29.1 Å². The van der Waals surface area contributed by atoms with Crippen LogP contribution in [0, 0.1) is 46.8 Å². The first-order valence-electron chi connectivity index (χ1n) is 10.4. The largest absolute Gasteiger partial charge is 0.385 e. The van der Waals surface area contributed by atoms with Gasteiger partial charge in [0.15, 0.2) is 5.78 Å². The minimum Gasteiger partial charge on any atom is -0.385 e. The molecular weight excluding hydrogens is 294 g/mol. The van der Waals surface area contributed by atoms with Gasteiger partial charge in [0.1, 0.15) is 0 Å². The highest BCUT2D eigenvalue weighted by Gasteiger charge is 2.65. The summed E-state index contributed by atoms with van der Waals surface area (Å²) in [7, 11) is 0. The van der Waals surface area contributed by atoms with Crippen molar-refractivity contribution in [2.24, 2.45) is 46.8 Å². The average molecular weight is 328 g/mol. The smallest absolute Gasteiger partial charge is 0.161 e. The summed E-state index contributed by atoms with van der Waals surface area (Å²) in [6.45, 7) is 9.26. The lowest BCUT2D eigenvalue weighted by atomic mass is 9.62. The molecule has 0 amide bonds. The van der Waals surface area contributed by atoms with Crippen LogP contribution in [0.4, 0.5) is 0 Å². The van der Waals surface area contributed by atoms with Gasteiger partial charge in [-0.25, -0.2) is 0 Å². The Labute approximate surface area is 146 Å². The second-order valence-corrected chi connectivity index (χ2v) is 10.4. The molecule has 1 N–H and O–H groups in total. The van der Waals surface area contributed by atoms with Gasteiger partial charge in [-0.3, -0.25) is 4.79 Å². The van der Waals surface area contributed by atoms with Crippen molar-refractivity contribution in [1.29, 1.82) is 0 Å². The molecule has 0 aromatic carbocycles. The van der Waals surface area contributed by atoms with Crippen LogP contribution in [0.5, 0.6) is 0 Å². The van der Waals surface area contributed by atoms with Crippen molar-refractivity contribution in [2.75, 3.05) is 0 Å². The van der Waals surface area contributed by atoms with Crippen LogP contribution in [0.1, 0.15) is 66.2 Å². The molecular formula is C22H33NO. The van der Waals surface area contributed by atoms with Crippen molar-refractivity contribution < 1.29 is 4.79 Å². The molecule has 5 saturated carbocycles. The summed E-state index contributed by atoms with van der Waals surface area (Å²) in [6, 6.07) is 0.531. The molecule has 0 saturated heterocycles. The molecule has 2 heteroatoms. The lowest BCUT2D eigenvalue weighted by molar-refractivity contribution is -0.115. The van der Waals surface area contributed by atoms with Crippen LogP contribution in [0.3, 0.4) is 0 Å². The summed E-state index contributed by atoms with van der Waals surface area (Å²) in [5.41, 5.74) is 2.72. The molecule has 132 valence electrons. The molecule has 5 aliphatic carbocycles. The third kappa shape index (κ3) is 1.98. The number of carbonyl (C=O) groups is 1. The average Bonchev–Trinajstić information content (AvgIpc) is 2.80. The number of carbonyl (C=O) groups excluding carboxylic acids is 1. The van der Waals surface area contributed by atoms with E-state index in [1.807, 2.05) is 0 Å². The Kier molecular flexibility index (Phi) is 3.15. The quantitative estimate of drug-likeness (QED) is 0.770. The zero-order valence-electron chi connectivity index (χ0n) is 15.8. The normalized spacial score (nSPS) is 50.7. The second kappa shape index (κ2) is 4.89. The molecule has 0 heterocycles. The van der Waals surface area contributed by atoms with E-state index in [2.05, 4.69) is 33.0 Å². The first-order chi connectivity index (χ1) is 11.4. The number of ketones is 1.